The second kappa shape index (κ2) is 5.21. The average Bonchev–Trinajstić information content (AvgIpc) is 2.62. The molecule has 2 aliphatic rings. The van der Waals surface area contributed by atoms with Gasteiger partial charge in [0.25, 0.3) is 0 Å². The number of nitrogens with zero attached hydrogens (tertiary/aromatic N) is 2. The van der Waals surface area contributed by atoms with E-state index in [2.05, 4.69) is 29.2 Å². The van der Waals surface area contributed by atoms with Gasteiger partial charge in [-0.3, -0.25) is 4.99 Å². The van der Waals surface area contributed by atoms with E-state index >= 15 is 0 Å². The van der Waals surface area contributed by atoms with Gasteiger partial charge < -0.3 is 10.2 Å². The maximum absolute atomic E-state index is 4.67. The van der Waals surface area contributed by atoms with Crippen LogP contribution >= 0.6 is 11.8 Å². The van der Waals surface area contributed by atoms with Crippen LogP contribution in [0.4, 0.5) is 0 Å². The maximum atomic E-state index is 4.67. The number of piperidine rings is 1. The van der Waals surface area contributed by atoms with Gasteiger partial charge in [0.1, 0.15) is 0 Å². The molecule has 2 fully saturated rings. The van der Waals surface area contributed by atoms with E-state index in [1.54, 1.807) is 0 Å². The number of hydrogen-bond donors (Lipinski definition) is 1. The molecule has 0 aromatic heterocycles. The highest BCUT2D eigenvalue weighted by atomic mass is 32.2. The molecule has 2 saturated heterocycles. The zero-order chi connectivity index (χ0) is 10.7. The quantitative estimate of drug-likeness (QED) is 0.773. The number of rotatable bonds is 2. The van der Waals surface area contributed by atoms with Crippen LogP contribution in [0.1, 0.15) is 19.8 Å². The molecule has 86 valence electrons. The molecule has 0 aromatic rings. The lowest BCUT2D eigenvalue weighted by atomic mass is 9.99. The molecule has 0 saturated carbocycles. The van der Waals surface area contributed by atoms with Crippen molar-refractivity contribution in [3.05, 3.63) is 0 Å². The molecule has 0 spiro atoms. The third kappa shape index (κ3) is 3.38. The van der Waals surface area contributed by atoms with Crippen molar-refractivity contribution in [1.82, 2.24) is 10.2 Å². The van der Waals surface area contributed by atoms with Gasteiger partial charge in [-0.2, -0.15) is 0 Å². The van der Waals surface area contributed by atoms with E-state index in [9.17, 15) is 0 Å². The van der Waals surface area contributed by atoms with Crippen LogP contribution in [0.25, 0.3) is 0 Å². The Morgan fingerprint density at radius 3 is 3.13 bits per heavy atom. The van der Waals surface area contributed by atoms with Crippen LogP contribution in [0.15, 0.2) is 4.99 Å². The van der Waals surface area contributed by atoms with Crippen LogP contribution in [-0.4, -0.2) is 48.5 Å². The summed E-state index contributed by atoms with van der Waals surface area (Å²) in [4.78, 5) is 7.10. The van der Waals surface area contributed by atoms with Gasteiger partial charge in [0.15, 0.2) is 5.17 Å². The Morgan fingerprint density at radius 1 is 1.60 bits per heavy atom. The van der Waals surface area contributed by atoms with Gasteiger partial charge in [-0.25, -0.2) is 0 Å². The number of amidine groups is 1. The Labute approximate surface area is 96.7 Å². The highest BCUT2D eigenvalue weighted by molar-refractivity contribution is 8.14. The van der Waals surface area contributed by atoms with Gasteiger partial charge >= 0.3 is 0 Å². The largest absolute Gasteiger partial charge is 0.362 e. The Kier molecular flexibility index (Phi) is 3.92. The lowest BCUT2D eigenvalue weighted by Gasteiger charge is -2.28. The Hall–Kier alpha value is -0.220. The fourth-order valence-electron chi connectivity index (χ4n) is 2.22. The second-order valence-electron chi connectivity index (χ2n) is 4.77. The minimum Gasteiger partial charge on any atom is -0.362 e. The third-order valence-electron chi connectivity index (χ3n) is 3.06. The summed E-state index contributed by atoms with van der Waals surface area (Å²) in [5.74, 6) is 1.94. The molecule has 4 heteroatoms. The normalized spacial score (nSPS) is 35.7. The highest BCUT2D eigenvalue weighted by Crippen LogP contribution is 2.17. The van der Waals surface area contributed by atoms with Crippen LogP contribution in [0.5, 0.6) is 0 Å². The van der Waals surface area contributed by atoms with E-state index in [4.69, 9.17) is 0 Å². The molecular weight excluding hydrogens is 206 g/mol. The monoisotopic (exact) mass is 227 g/mol. The predicted octanol–water partition coefficient (Wildman–Crippen LogP) is 1.41. The molecule has 0 radical (unpaired) electrons. The number of aliphatic imine (C=N–C) groups is 1. The first-order valence-electron chi connectivity index (χ1n) is 5.86. The van der Waals surface area contributed by atoms with Gasteiger partial charge in [-0.15, -0.1) is 0 Å². The van der Waals surface area contributed by atoms with Crippen LogP contribution in [0.2, 0.25) is 0 Å². The summed E-state index contributed by atoms with van der Waals surface area (Å²) in [6.45, 7) is 5.70. The van der Waals surface area contributed by atoms with Crippen molar-refractivity contribution in [2.24, 2.45) is 10.9 Å². The third-order valence-corrected chi connectivity index (χ3v) is 4.24. The van der Waals surface area contributed by atoms with Crippen LogP contribution in [0.3, 0.4) is 0 Å². The first kappa shape index (κ1) is 11.3. The van der Waals surface area contributed by atoms with Crippen molar-refractivity contribution in [3.8, 4) is 0 Å². The van der Waals surface area contributed by atoms with Crippen molar-refractivity contribution in [2.75, 3.05) is 32.4 Å². The molecular formula is C11H21N3S. The minimum atomic E-state index is 0.600. The summed E-state index contributed by atoms with van der Waals surface area (Å²) in [7, 11) is 2.21. The summed E-state index contributed by atoms with van der Waals surface area (Å²) < 4.78 is 0. The molecule has 0 amide bonds. The first-order valence-corrected chi connectivity index (χ1v) is 6.85. The summed E-state index contributed by atoms with van der Waals surface area (Å²) in [6.07, 6.45) is 2.68. The van der Waals surface area contributed by atoms with E-state index in [0.29, 0.717) is 6.04 Å². The molecule has 2 atom stereocenters. The van der Waals surface area contributed by atoms with Gasteiger partial charge in [0, 0.05) is 24.9 Å². The SMILES string of the molecule is CC1CSC(=NCC2CCCN(C)C2)N1. The van der Waals surface area contributed by atoms with Crippen LogP contribution in [0, 0.1) is 5.92 Å². The summed E-state index contributed by atoms with van der Waals surface area (Å²) in [5, 5.41) is 4.57. The minimum absolute atomic E-state index is 0.600. The van der Waals surface area contributed by atoms with E-state index in [0.717, 1.165) is 17.6 Å². The smallest absolute Gasteiger partial charge is 0.156 e. The Morgan fingerprint density at radius 2 is 2.47 bits per heavy atom. The zero-order valence-corrected chi connectivity index (χ0v) is 10.5. The molecule has 2 heterocycles. The number of likely N-dealkylation sites (tertiary alicyclic amines) is 1. The fourth-order valence-corrected chi connectivity index (χ4v) is 3.17. The maximum Gasteiger partial charge on any atom is 0.156 e. The van der Waals surface area contributed by atoms with E-state index in [1.165, 1.54) is 31.7 Å². The van der Waals surface area contributed by atoms with Crippen molar-refractivity contribution in [3.63, 3.8) is 0 Å². The molecule has 1 N–H and O–H groups in total. The lowest BCUT2D eigenvalue weighted by Crippen LogP contribution is -2.33. The molecule has 2 rings (SSSR count). The molecule has 2 aliphatic heterocycles. The Balaban J connectivity index is 1.77. The molecule has 15 heavy (non-hydrogen) atoms. The topological polar surface area (TPSA) is 27.6 Å². The first-order chi connectivity index (χ1) is 7.24. The van der Waals surface area contributed by atoms with Crippen molar-refractivity contribution in [2.45, 2.75) is 25.8 Å². The number of nitrogens with one attached hydrogen (secondary N) is 1. The molecule has 3 nitrogen and oxygen atoms in total. The molecule has 0 bridgehead atoms. The van der Waals surface area contributed by atoms with E-state index in [-0.39, 0.29) is 0 Å². The fraction of sp³-hybridized carbons (Fsp3) is 0.909. The van der Waals surface area contributed by atoms with Gasteiger partial charge in [0.05, 0.1) is 0 Å². The second-order valence-corrected chi connectivity index (χ2v) is 5.78. The van der Waals surface area contributed by atoms with Gasteiger partial charge in [-0.1, -0.05) is 11.8 Å². The standard InChI is InChI=1S/C11H21N3S/c1-9-8-15-11(13-9)12-6-10-4-3-5-14(2)7-10/h9-10H,3-8H2,1-2H3,(H,12,13). The summed E-state index contributed by atoms with van der Waals surface area (Å²) in [5.41, 5.74) is 0. The molecule has 0 aliphatic carbocycles. The average molecular weight is 227 g/mol. The van der Waals surface area contributed by atoms with Crippen LogP contribution < -0.4 is 5.32 Å². The van der Waals surface area contributed by atoms with Crippen molar-refractivity contribution < 1.29 is 0 Å². The lowest BCUT2D eigenvalue weighted by molar-refractivity contribution is 0.214. The summed E-state index contributed by atoms with van der Waals surface area (Å²) in [6, 6.07) is 0.600. The van der Waals surface area contributed by atoms with Crippen molar-refractivity contribution >= 4 is 16.9 Å². The zero-order valence-electron chi connectivity index (χ0n) is 9.70. The number of hydrogen-bond acceptors (Lipinski definition) is 3. The summed E-state index contributed by atoms with van der Waals surface area (Å²) >= 11 is 1.87. The van der Waals surface area contributed by atoms with Crippen molar-refractivity contribution in [1.29, 1.82) is 0 Å². The van der Waals surface area contributed by atoms with Gasteiger partial charge in [0.2, 0.25) is 0 Å². The molecule has 2 unspecified atom stereocenters. The highest BCUT2D eigenvalue weighted by Gasteiger charge is 2.19. The molecule has 0 aromatic carbocycles. The predicted molar refractivity (Wildman–Crippen MR) is 67.6 cm³/mol. The number of thioether (sulfide) groups is 1. The Bertz CT molecular complexity index is 242. The van der Waals surface area contributed by atoms with Crippen LogP contribution in [-0.2, 0) is 0 Å². The van der Waals surface area contributed by atoms with Gasteiger partial charge in [-0.05, 0) is 39.3 Å². The van der Waals surface area contributed by atoms with E-state index in [1.807, 2.05) is 11.8 Å². The van der Waals surface area contributed by atoms with E-state index < -0.39 is 0 Å².